The Morgan fingerprint density at radius 1 is 1.12 bits per heavy atom. The fourth-order valence-electron chi connectivity index (χ4n) is 4.30. The van der Waals surface area contributed by atoms with Crippen molar-refractivity contribution in [2.45, 2.75) is 75.4 Å². The molecule has 0 atom stereocenters. The Morgan fingerprint density at radius 3 is 2.45 bits per heavy atom. The van der Waals surface area contributed by atoms with Gasteiger partial charge in [0.2, 0.25) is 15.9 Å². The van der Waals surface area contributed by atoms with Crippen LogP contribution in [0.2, 0.25) is 0 Å². The van der Waals surface area contributed by atoms with Crippen molar-refractivity contribution in [1.29, 1.82) is 0 Å². The van der Waals surface area contributed by atoms with Crippen LogP contribution in [0.3, 0.4) is 0 Å². The molecule has 0 unspecified atom stereocenters. The summed E-state index contributed by atoms with van der Waals surface area (Å²) in [5, 5.41) is 12.4. The number of sulfonamides is 1. The number of carbonyl (C=O) groups is 1. The fraction of sp³-hybridized carbons (Fsp3) is 0.609. The van der Waals surface area contributed by atoms with Crippen LogP contribution in [-0.2, 0) is 14.8 Å². The van der Waals surface area contributed by atoms with Crippen LogP contribution < -0.4 is 5.32 Å². The van der Waals surface area contributed by atoms with Crippen molar-refractivity contribution in [1.82, 2.24) is 24.4 Å². The molecule has 1 heterocycles. The molecule has 2 aromatic rings. The number of carbonyl (C=O) groups excluding carboxylic acids is 1. The summed E-state index contributed by atoms with van der Waals surface area (Å²) in [6.07, 6.45) is 6.76. The third kappa shape index (κ3) is 6.16. The molecule has 1 aliphatic rings. The van der Waals surface area contributed by atoms with Crippen LogP contribution in [0.5, 0.6) is 0 Å². The van der Waals surface area contributed by atoms with Crippen LogP contribution in [-0.4, -0.2) is 58.8 Å². The van der Waals surface area contributed by atoms with Crippen molar-refractivity contribution in [3.63, 3.8) is 0 Å². The molecule has 1 amide bonds. The van der Waals surface area contributed by atoms with Gasteiger partial charge in [0, 0.05) is 31.2 Å². The zero-order valence-electron chi connectivity index (χ0n) is 19.8. The van der Waals surface area contributed by atoms with Crippen molar-refractivity contribution in [3.8, 4) is 11.4 Å². The third-order valence-electron chi connectivity index (χ3n) is 6.00. The lowest BCUT2D eigenvalue weighted by Crippen LogP contribution is -2.30. The van der Waals surface area contributed by atoms with Gasteiger partial charge < -0.3 is 5.32 Å². The first-order valence-corrected chi connectivity index (χ1v) is 14.3. The number of hydrogen-bond acceptors (Lipinski definition) is 6. The lowest BCUT2D eigenvalue weighted by Gasteiger charge is -2.21. The van der Waals surface area contributed by atoms with Crippen molar-refractivity contribution in [3.05, 3.63) is 24.3 Å². The average molecular weight is 494 g/mol. The lowest BCUT2D eigenvalue weighted by molar-refractivity contribution is -0.118. The van der Waals surface area contributed by atoms with Crippen molar-refractivity contribution in [2.75, 3.05) is 25.4 Å². The minimum absolute atomic E-state index is 0.0354. The Morgan fingerprint density at radius 2 is 1.82 bits per heavy atom. The van der Waals surface area contributed by atoms with Crippen molar-refractivity contribution >= 4 is 27.7 Å². The predicted octanol–water partition coefficient (Wildman–Crippen LogP) is 4.10. The van der Waals surface area contributed by atoms with Gasteiger partial charge in [-0.1, -0.05) is 63.4 Å². The number of aromatic nitrogens is 3. The smallest absolute Gasteiger partial charge is 0.243 e. The average Bonchev–Trinajstić information content (AvgIpc) is 3.04. The van der Waals surface area contributed by atoms with Gasteiger partial charge in [0.15, 0.2) is 11.0 Å². The normalized spacial score (nSPS) is 15.5. The molecular weight excluding hydrogens is 458 g/mol. The highest BCUT2D eigenvalue weighted by atomic mass is 32.2. The highest BCUT2D eigenvalue weighted by Gasteiger charge is 2.26. The molecule has 1 fully saturated rings. The Kier molecular flexibility index (Phi) is 9.34. The highest BCUT2D eigenvalue weighted by molar-refractivity contribution is 7.99. The molecule has 0 aliphatic heterocycles. The molecule has 10 heteroatoms. The highest BCUT2D eigenvalue weighted by Crippen LogP contribution is 2.35. The summed E-state index contributed by atoms with van der Waals surface area (Å²) < 4.78 is 29.8. The van der Waals surface area contributed by atoms with Crippen LogP contribution in [0.4, 0.5) is 0 Å². The Bertz CT molecular complexity index is 1030. The predicted molar refractivity (Wildman–Crippen MR) is 132 cm³/mol. The molecule has 1 aliphatic carbocycles. The molecule has 33 heavy (non-hydrogen) atoms. The van der Waals surface area contributed by atoms with Crippen LogP contribution in [0.15, 0.2) is 34.3 Å². The fourth-order valence-corrected chi connectivity index (χ4v) is 6.64. The Hall–Kier alpha value is -1.91. The van der Waals surface area contributed by atoms with E-state index in [1.165, 1.54) is 28.9 Å². The van der Waals surface area contributed by atoms with Gasteiger partial charge in [-0.05, 0) is 31.9 Å². The largest absolute Gasteiger partial charge is 0.356 e. The maximum Gasteiger partial charge on any atom is 0.243 e. The molecule has 182 valence electrons. The van der Waals surface area contributed by atoms with E-state index in [1.807, 2.05) is 26.8 Å². The van der Waals surface area contributed by atoms with Gasteiger partial charge in [-0.2, -0.15) is 4.31 Å². The van der Waals surface area contributed by atoms with E-state index in [4.69, 9.17) is 0 Å². The molecule has 0 saturated heterocycles. The molecular formula is C23H35N5O3S2. The van der Waals surface area contributed by atoms with E-state index in [2.05, 4.69) is 20.1 Å². The number of thioether (sulfide) groups is 1. The van der Waals surface area contributed by atoms with Gasteiger partial charge in [0.25, 0.3) is 0 Å². The van der Waals surface area contributed by atoms with Crippen molar-refractivity contribution < 1.29 is 13.2 Å². The van der Waals surface area contributed by atoms with E-state index in [1.54, 1.807) is 18.2 Å². The first-order chi connectivity index (χ1) is 15.9. The number of benzene rings is 1. The summed E-state index contributed by atoms with van der Waals surface area (Å²) >= 11 is 1.38. The Balaban J connectivity index is 2.01. The number of hydrogen-bond donors (Lipinski definition) is 1. The standard InChI is InChI=1S/C23H35N5O3S2/c1-4-24-21(29)17-32-23-26-25-22(28(23)19-13-9-7-8-10-14-19)18-12-11-15-20(16-18)33(30,31)27(5-2)6-3/h11-12,15-16,19H,4-10,13-14,17H2,1-3H3,(H,24,29). The maximum atomic E-state index is 13.1. The molecule has 1 aromatic heterocycles. The number of nitrogens with one attached hydrogen (secondary N) is 1. The Labute approximate surface area is 201 Å². The van der Waals surface area contributed by atoms with Crippen LogP contribution in [0, 0.1) is 0 Å². The number of nitrogens with zero attached hydrogens (tertiary/aromatic N) is 4. The minimum atomic E-state index is -3.58. The SMILES string of the molecule is CCNC(=O)CSc1nnc(-c2cccc(S(=O)(=O)N(CC)CC)c2)n1C1CCCCCC1. The molecule has 1 N–H and O–H groups in total. The van der Waals surface area contributed by atoms with Gasteiger partial charge in [0.1, 0.15) is 0 Å². The molecule has 0 spiro atoms. The quantitative estimate of drug-likeness (QED) is 0.395. The molecule has 3 rings (SSSR count). The minimum Gasteiger partial charge on any atom is -0.356 e. The number of amides is 1. The van der Waals surface area contributed by atoms with Crippen LogP contribution in [0.25, 0.3) is 11.4 Å². The monoisotopic (exact) mass is 493 g/mol. The molecule has 8 nitrogen and oxygen atoms in total. The third-order valence-corrected chi connectivity index (χ3v) is 8.99. The van der Waals surface area contributed by atoms with Gasteiger partial charge in [0.05, 0.1) is 10.6 Å². The second kappa shape index (κ2) is 12.0. The van der Waals surface area contributed by atoms with E-state index in [0.717, 1.165) is 31.2 Å². The van der Waals surface area contributed by atoms with E-state index < -0.39 is 10.0 Å². The zero-order chi connectivity index (χ0) is 23.8. The summed E-state index contributed by atoms with van der Waals surface area (Å²) in [5.41, 5.74) is 0.727. The van der Waals surface area contributed by atoms with E-state index in [0.29, 0.717) is 30.6 Å². The molecule has 0 radical (unpaired) electrons. The molecule has 1 saturated carbocycles. The summed E-state index contributed by atoms with van der Waals surface area (Å²) in [7, 11) is -3.58. The molecule has 1 aromatic carbocycles. The van der Waals surface area contributed by atoms with Crippen LogP contribution in [0.1, 0.15) is 65.3 Å². The zero-order valence-corrected chi connectivity index (χ0v) is 21.4. The van der Waals surface area contributed by atoms with Gasteiger partial charge >= 0.3 is 0 Å². The lowest BCUT2D eigenvalue weighted by atomic mass is 10.1. The summed E-state index contributed by atoms with van der Waals surface area (Å²) in [5.74, 6) is 0.901. The van der Waals surface area contributed by atoms with Crippen molar-refractivity contribution in [2.24, 2.45) is 0 Å². The first kappa shape index (κ1) is 25.7. The second-order valence-corrected chi connectivity index (χ2v) is 11.1. The number of rotatable bonds is 10. The second-order valence-electron chi connectivity index (χ2n) is 8.18. The van der Waals surface area contributed by atoms with E-state index in [-0.39, 0.29) is 22.6 Å². The first-order valence-electron chi connectivity index (χ1n) is 11.9. The maximum absolute atomic E-state index is 13.1. The van der Waals surface area contributed by atoms with Gasteiger partial charge in [-0.15, -0.1) is 10.2 Å². The van der Waals surface area contributed by atoms with E-state index in [9.17, 15) is 13.2 Å². The van der Waals surface area contributed by atoms with Crippen LogP contribution >= 0.6 is 11.8 Å². The van der Waals surface area contributed by atoms with E-state index >= 15 is 0 Å². The van der Waals surface area contributed by atoms with Gasteiger partial charge in [-0.25, -0.2) is 8.42 Å². The summed E-state index contributed by atoms with van der Waals surface area (Å²) in [6.45, 7) is 7.00. The summed E-state index contributed by atoms with van der Waals surface area (Å²) in [4.78, 5) is 12.3. The molecule has 0 bridgehead atoms. The van der Waals surface area contributed by atoms with Gasteiger partial charge in [-0.3, -0.25) is 9.36 Å². The summed E-state index contributed by atoms with van der Waals surface area (Å²) in [6, 6.07) is 7.21. The topological polar surface area (TPSA) is 97.2 Å².